The number of amides is 1. The van der Waals surface area contributed by atoms with Gasteiger partial charge in [0.1, 0.15) is 0 Å². The number of benzene rings is 1. The van der Waals surface area contributed by atoms with Gasteiger partial charge in [0.2, 0.25) is 5.91 Å². The van der Waals surface area contributed by atoms with E-state index in [0.717, 1.165) is 24.0 Å². The Balaban J connectivity index is 2.17. The summed E-state index contributed by atoms with van der Waals surface area (Å²) in [4.78, 5) is 25.6. The van der Waals surface area contributed by atoms with Crippen LogP contribution in [0.5, 0.6) is 0 Å². The molecule has 21 heavy (non-hydrogen) atoms. The van der Waals surface area contributed by atoms with E-state index >= 15 is 0 Å². The van der Waals surface area contributed by atoms with Gasteiger partial charge in [-0.2, -0.15) is 0 Å². The minimum atomic E-state index is -0.859. The van der Waals surface area contributed by atoms with Crippen LogP contribution in [0, 0.1) is 5.92 Å². The summed E-state index contributed by atoms with van der Waals surface area (Å²) in [6.45, 7) is 4.99. The molecule has 0 radical (unpaired) electrons. The summed E-state index contributed by atoms with van der Waals surface area (Å²) in [5.74, 6) is -1.01. The van der Waals surface area contributed by atoms with Crippen molar-refractivity contribution < 1.29 is 14.7 Å². The maximum atomic E-state index is 12.4. The number of aliphatic carboxylic acids is 1. The highest BCUT2D eigenvalue weighted by Crippen LogP contribution is 2.29. The number of carbonyl (C=O) groups excluding carboxylic acids is 1. The molecule has 1 aliphatic rings. The van der Waals surface area contributed by atoms with Gasteiger partial charge in [0, 0.05) is 19.5 Å². The lowest BCUT2D eigenvalue weighted by Crippen LogP contribution is -2.41. The smallest absolute Gasteiger partial charge is 0.312 e. The number of carboxylic acid groups (broad SMARTS) is 1. The Morgan fingerprint density at radius 3 is 2.57 bits per heavy atom. The van der Waals surface area contributed by atoms with Crippen LogP contribution in [0.1, 0.15) is 50.2 Å². The molecule has 114 valence electrons. The fourth-order valence-corrected chi connectivity index (χ4v) is 2.96. The predicted molar refractivity (Wildman–Crippen MR) is 80.9 cm³/mol. The van der Waals surface area contributed by atoms with E-state index in [1.807, 2.05) is 24.3 Å². The number of carboxylic acids is 1. The first-order chi connectivity index (χ1) is 10.1. The van der Waals surface area contributed by atoms with Gasteiger partial charge < -0.3 is 10.0 Å². The predicted octanol–water partition coefficient (Wildman–Crippen LogP) is 3.02. The van der Waals surface area contributed by atoms with E-state index in [1.54, 1.807) is 4.90 Å². The van der Waals surface area contributed by atoms with Crippen LogP contribution in [0.3, 0.4) is 0 Å². The van der Waals surface area contributed by atoms with Crippen molar-refractivity contribution in [2.24, 2.45) is 5.92 Å². The van der Waals surface area contributed by atoms with Crippen LogP contribution < -0.4 is 0 Å². The number of rotatable bonds is 5. The maximum Gasteiger partial charge on any atom is 0.312 e. The summed E-state index contributed by atoms with van der Waals surface area (Å²) in [6.07, 6.45) is 2.48. The van der Waals surface area contributed by atoms with Crippen molar-refractivity contribution in [3.8, 4) is 0 Å². The summed E-state index contributed by atoms with van der Waals surface area (Å²) in [5.41, 5.74) is 1.80. The van der Waals surface area contributed by atoms with Crippen molar-refractivity contribution in [3.63, 3.8) is 0 Å². The second kappa shape index (κ2) is 6.74. The third-order valence-electron chi connectivity index (χ3n) is 4.46. The molecule has 0 fully saturated rings. The second-order valence-electron chi connectivity index (χ2n) is 5.75. The van der Waals surface area contributed by atoms with Crippen molar-refractivity contribution in [1.82, 2.24) is 4.90 Å². The van der Waals surface area contributed by atoms with Crippen LogP contribution in [0.4, 0.5) is 0 Å². The van der Waals surface area contributed by atoms with E-state index in [1.165, 1.54) is 0 Å². The molecule has 1 N–H and O–H groups in total. The van der Waals surface area contributed by atoms with Gasteiger partial charge in [-0.3, -0.25) is 9.59 Å². The highest BCUT2D eigenvalue weighted by molar-refractivity contribution is 5.81. The highest BCUT2D eigenvalue weighted by Gasteiger charge is 2.32. The molecule has 0 saturated carbocycles. The summed E-state index contributed by atoms with van der Waals surface area (Å²) < 4.78 is 0. The number of fused-ring (bicyclic) bond motifs is 1. The lowest BCUT2D eigenvalue weighted by atomic mass is 9.89. The fourth-order valence-electron chi connectivity index (χ4n) is 2.96. The molecule has 0 bridgehead atoms. The monoisotopic (exact) mass is 289 g/mol. The molecular formula is C17H23NO3. The zero-order valence-corrected chi connectivity index (χ0v) is 12.7. The van der Waals surface area contributed by atoms with Gasteiger partial charge in [-0.25, -0.2) is 0 Å². The first kappa shape index (κ1) is 15.5. The topological polar surface area (TPSA) is 57.6 Å². The van der Waals surface area contributed by atoms with Gasteiger partial charge >= 0.3 is 5.97 Å². The normalized spacial score (nSPS) is 17.7. The largest absolute Gasteiger partial charge is 0.481 e. The molecule has 0 aromatic heterocycles. The third kappa shape index (κ3) is 3.43. The maximum absolute atomic E-state index is 12.4. The Hall–Kier alpha value is -1.84. The van der Waals surface area contributed by atoms with Crippen LogP contribution in [0.2, 0.25) is 0 Å². The molecule has 1 amide bonds. The first-order valence-electron chi connectivity index (χ1n) is 7.65. The number of hydrogen-bond acceptors (Lipinski definition) is 2. The van der Waals surface area contributed by atoms with Gasteiger partial charge in [0.25, 0.3) is 0 Å². The Bertz CT molecular complexity index is 523. The van der Waals surface area contributed by atoms with Crippen molar-refractivity contribution in [3.05, 3.63) is 35.4 Å². The highest BCUT2D eigenvalue weighted by atomic mass is 16.4. The second-order valence-corrected chi connectivity index (χ2v) is 5.75. The third-order valence-corrected chi connectivity index (χ3v) is 4.46. The van der Waals surface area contributed by atoms with Gasteiger partial charge in [-0.05, 0) is 17.0 Å². The van der Waals surface area contributed by atoms with Crippen LogP contribution >= 0.6 is 0 Å². The van der Waals surface area contributed by atoms with Crippen LogP contribution in [-0.4, -0.2) is 28.4 Å². The van der Waals surface area contributed by atoms with Gasteiger partial charge in [0.05, 0.1) is 5.92 Å². The zero-order chi connectivity index (χ0) is 15.4. The van der Waals surface area contributed by atoms with E-state index in [0.29, 0.717) is 18.9 Å². The Labute approximate surface area is 125 Å². The number of nitrogens with zero attached hydrogens (tertiary/aromatic N) is 1. The van der Waals surface area contributed by atoms with Crippen molar-refractivity contribution in [2.45, 2.75) is 45.6 Å². The molecule has 1 atom stereocenters. The first-order valence-corrected chi connectivity index (χ1v) is 7.65. The van der Waals surface area contributed by atoms with Crippen molar-refractivity contribution >= 4 is 11.9 Å². The summed E-state index contributed by atoms with van der Waals surface area (Å²) in [6, 6.07) is 7.53. The molecule has 0 aliphatic carbocycles. The van der Waals surface area contributed by atoms with Crippen molar-refractivity contribution in [1.29, 1.82) is 0 Å². The molecule has 1 aliphatic heterocycles. The van der Waals surface area contributed by atoms with E-state index in [-0.39, 0.29) is 12.5 Å². The van der Waals surface area contributed by atoms with Gasteiger partial charge in [0.15, 0.2) is 0 Å². The lowest BCUT2D eigenvalue weighted by molar-refractivity contribution is -0.141. The molecule has 0 spiro atoms. The van der Waals surface area contributed by atoms with E-state index in [2.05, 4.69) is 13.8 Å². The summed E-state index contributed by atoms with van der Waals surface area (Å²) in [5, 5.41) is 9.42. The Kier molecular flexibility index (Phi) is 4.99. The molecule has 1 unspecified atom stereocenters. The number of hydrogen-bond donors (Lipinski definition) is 1. The van der Waals surface area contributed by atoms with Crippen LogP contribution in [0.25, 0.3) is 0 Å². The van der Waals surface area contributed by atoms with Gasteiger partial charge in [-0.1, -0.05) is 51.0 Å². The standard InChI is InChI=1S/C17H23NO3/c1-3-12(4-2)9-16(19)18-10-13-7-5-6-8-14(13)15(11-18)17(20)21/h5-8,12,15H,3-4,9-11H2,1-2H3,(H,20,21). The van der Waals surface area contributed by atoms with Crippen LogP contribution in [0.15, 0.2) is 24.3 Å². The molecule has 1 aromatic rings. The minimum Gasteiger partial charge on any atom is -0.481 e. The van der Waals surface area contributed by atoms with E-state index in [9.17, 15) is 14.7 Å². The molecule has 4 nitrogen and oxygen atoms in total. The lowest BCUT2D eigenvalue weighted by Gasteiger charge is -2.33. The Morgan fingerprint density at radius 1 is 1.29 bits per heavy atom. The van der Waals surface area contributed by atoms with Gasteiger partial charge in [-0.15, -0.1) is 0 Å². The molecule has 1 heterocycles. The van der Waals surface area contributed by atoms with E-state index < -0.39 is 11.9 Å². The minimum absolute atomic E-state index is 0.0736. The SMILES string of the molecule is CCC(CC)CC(=O)N1Cc2ccccc2C(C(=O)O)C1. The zero-order valence-electron chi connectivity index (χ0n) is 12.7. The van der Waals surface area contributed by atoms with E-state index in [4.69, 9.17) is 0 Å². The molecule has 1 aromatic carbocycles. The van der Waals surface area contributed by atoms with Crippen molar-refractivity contribution in [2.75, 3.05) is 6.54 Å². The molecule has 2 rings (SSSR count). The molecule has 4 heteroatoms. The molecular weight excluding hydrogens is 266 g/mol. The van der Waals surface area contributed by atoms with Crippen LogP contribution in [-0.2, 0) is 16.1 Å². The average Bonchev–Trinajstić information content (AvgIpc) is 2.51. The Morgan fingerprint density at radius 2 is 1.95 bits per heavy atom. The molecule has 0 saturated heterocycles. The summed E-state index contributed by atoms with van der Waals surface area (Å²) in [7, 11) is 0. The average molecular weight is 289 g/mol. The summed E-state index contributed by atoms with van der Waals surface area (Å²) >= 11 is 0. The number of carbonyl (C=O) groups is 2. The quantitative estimate of drug-likeness (QED) is 0.906. The fraction of sp³-hybridized carbons (Fsp3) is 0.529.